The number of fused-ring (bicyclic) bond motifs is 1. The number of alkyl carbamates (subject to hydrolysis) is 2. The Labute approximate surface area is 410 Å². The van der Waals surface area contributed by atoms with E-state index >= 15 is 0 Å². The summed E-state index contributed by atoms with van der Waals surface area (Å²) < 4.78 is 40.9. The number of esters is 1. The number of likely N-dealkylation sites (tertiary alicyclic amines) is 1. The van der Waals surface area contributed by atoms with E-state index in [0.717, 1.165) is 46.7 Å². The second-order valence-electron chi connectivity index (χ2n) is 18.0. The minimum absolute atomic E-state index is 0.00850. The molecule has 2 heterocycles. The summed E-state index contributed by atoms with van der Waals surface area (Å²) in [6.07, 6.45) is -2.50. The van der Waals surface area contributed by atoms with E-state index < -0.39 is 72.6 Å². The van der Waals surface area contributed by atoms with E-state index in [1.807, 2.05) is 105 Å². The van der Waals surface area contributed by atoms with Crippen LogP contribution in [0.25, 0.3) is 0 Å². The van der Waals surface area contributed by atoms with Gasteiger partial charge >= 0.3 is 18.2 Å². The second-order valence-corrected chi connectivity index (χ2v) is 18.0. The fraction of sp³-hybridized carbons (Fsp3) is 0.453. The summed E-state index contributed by atoms with van der Waals surface area (Å²) in [6.45, 7) is 9.52. The molecule has 5 atom stereocenters. The maximum absolute atomic E-state index is 14.8. The molecule has 6 rings (SSSR count). The zero-order valence-electron chi connectivity index (χ0n) is 40.9. The standard InChI is InChI=1S/C53H67N5O12/c1-35(2)48(56-53(63)69-33-38-16-11-8-12-17-38)50(60)58-30-44(67-34-39-18-23-43-42(28-39)57(25-27-66-43)24-13-26-64-5)47(40-19-21-41(65-6)22-20-40)45(31-58)70-51(61)49(36(3)4)55-46(59)29-54-52(62)68-32-37-14-9-7-10-15-37/h7-12,14-23,28,35-36,44-45,47-49H,13,24-27,29-34H2,1-6H3,(H,54,62)(H,55,59)(H,56,63)/t44-,45+,47+,48-,49-/m0/s1. The first-order valence-electron chi connectivity index (χ1n) is 23.8. The highest BCUT2D eigenvalue weighted by Gasteiger charge is 2.45. The van der Waals surface area contributed by atoms with Crippen LogP contribution in [0, 0.1) is 11.8 Å². The summed E-state index contributed by atoms with van der Waals surface area (Å²) in [7, 11) is 3.25. The Hall–Kier alpha value is -6.85. The number of benzene rings is 4. The predicted molar refractivity (Wildman–Crippen MR) is 261 cm³/mol. The fourth-order valence-electron chi connectivity index (χ4n) is 8.39. The molecule has 4 amide bonds. The zero-order chi connectivity index (χ0) is 50.0. The van der Waals surface area contributed by atoms with Gasteiger partial charge in [-0.05, 0) is 64.8 Å². The van der Waals surface area contributed by atoms with Crippen molar-refractivity contribution in [1.29, 1.82) is 0 Å². The van der Waals surface area contributed by atoms with Crippen LogP contribution >= 0.6 is 0 Å². The van der Waals surface area contributed by atoms with E-state index in [0.29, 0.717) is 25.5 Å². The predicted octanol–water partition coefficient (Wildman–Crippen LogP) is 6.37. The van der Waals surface area contributed by atoms with Crippen molar-refractivity contribution < 1.29 is 57.1 Å². The molecule has 376 valence electrons. The maximum Gasteiger partial charge on any atom is 0.408 e. The quantitative estimate of drug-likeness (QED) is 0.0448. The van der Waals surface area contributed by atoms with Crippen LogP contribution in [0.2, 0.25) is 0 Å². The molecule has 0 unspecified atom stereocenters. The monoisotopic (exact) mass is 965 g/mol. The van der Waals surface area contributed by atoms with Gasteiger partial charge < -0.3 is 58.9 Å². The molecule has 0 radical (unpaired) electrons. The van der Waals surface area contributed by atoms with Crippen molar-refractivity contribution in [1.82, 2.24) is 20.9 Å². The Morgan fingerprint density at radius 2 is 1.36 bits per heavy atom. The lowest BCUT2D eigenvalue weighted by atomic mass is 9.83. The third-order valence-corrected chi connectivity index (χ3v) is 12.2. The minimum atomic E-state index is -1.15. The molecule has 2 aliphatic heterocycles. The summed E-state index contributed by atoms with van der Waals surface area (Å²) in [4.78, 5) is 72.1. The van der Waals surface area contributed by atoms with Crippen molar-refractivity contribution in [3.63, 3.8) is 0 Å². The number of rotatable bonds is 22. The number of carbonyl (C=O) groups excluding carboxylic acids is 5. The number of nitrogens with one attached hydrogen (secondary N) is 3. The third-order valence-electron chi connectivity index (χ3n) is 12.2. The SMILES string of the molecule is COCCCN1CCOc2ccc(CO[C@H]3CN(C(=O)[C@@H](NC(=O)OCc4ccccc4)C(C)C)C[C@@H](OC(=O)[C@@H](NC(=O)CNC(=O)OCc4ccccc4)C(C)C)[C@@H]3c3ccc(OC)cc3)cc21. The number of nitrogens with zero attached hydrogens (tertiary/aromatic N) is 2. The Bertz CT molecular complexity index is 2320. The van der Waals surface area contributed by atoms with Crippen molar-refractivity contribution in [2.45, 2.75) is 84.1 Å². The van der Waals surface area contributed by atoms with Gasteiger partial charge in [-0.3, -0.25) is 9.59 Å². The van der Waals surface area contributed by atoms with Crippen molar-refractivity contribution in [2.24, 2.45) is 11.8 Å². The molecule has 0 aliphatic carbocycles. The molecule has 4 aromatic carbocycles. The summed E-state index contributed by atoms with van der Waals surface area (Å²) >= 11 is 0. The molecule has 0 aromatic heterocycles. The van der Waals surface area contributed by atoms with Crippen LogP contribution < -0.4 is 30.3 Å². The zero-order valence-corrected chi connectivity index (χ0v) is 40.9. The van der Waals surface area contributed by atoms with Crippen molar-refractivity contribution in [3.8, 4) is 11.5 Å². The van der Waals surface area contributed by atoms with E-state index in [1.54, 1.807) is 45.1 Å². The first-order valence-corrected chi connectivity index (χ1v) is 23.8. The molecule has 17 heteroatoms. The van der Waals surface area contributed by atoms with Gasteiger partial charge in [0.2, 0.25) is 11.8 Å². The number of piperidine rings is 1. The maximum atomic E-state index is 14.8. The highest BCUT2D eigenvalue weighted by atomic mass is 16.6. The van der Waals surface area contributed by atoms with Crippen molar-refractivity contribution in [3.05, 3.63) is 125 Å². The minimum Gasteiger partial charge on any atom is -0.497 e. The van der Waals surface area contributed by atoms with Gasteiger partial charge in [-0.2, -0.15) is 0 Å². The Morgan fingerprint density at radius 3 is 1.99 bits per heavy atom. The van der Waals surface area contributed by atoms with Crippen LogP contribution in [0.4, 0.5) is 15.3 Å². The highest BCUT2D eigenvalue weighted by Crippen LogP contribution is 2.37. The van der Waals surface area contributed by atoms with Gasteiger partial charge in [0, 0.05) is 26.8 Å². The molecule has 1 saturated heterocycles. The molecule has 4 aromatic rings. The fourth-order valence-corrected chi connectivity index (χ4v) is 8.39. The molecular formula is C53H67N5O12. The highest BCUT2D eigenvalue weighted by molar-refractivity contribution is 5.88. The summed E-state index contributed by atoms with van der Waals surface area (Å²) in [6, 6.07) is 29.4. The molecular weight excluding hydrogens is 899 g/mol. The Morgan fingerprint density at radius 1 is 0.714 bits per heavy atom. The molecule has 3 N–H and O–H groups in total. The van der Waals surface area contributed by atoms with E-state index in [2.05, 4.69) is 20.9 Å². The van der Waals surface area contributed by atoms with Crippen molar-refractivity contribution in [2.75, 3.05) is 65.1 Å². The number of anilines is 1. The van der Waals surface area contributed by atoms with E-state index in [-0.39, 0.29) is 38.8 Å². The van der Waals surface area contributed by atoms with Gasteiger partial charge in [-0.25, -0.2) is 14.4 Å². The molecule has 0 spiro atoms. The smallest absolute Gasteiger partial charge is 0.408 e. The normalized spacial score (nSPS) is 17.3. The van der Waals surface area contributed by atoms with Crippen LogP contribution in [0.15, 0.2) is 103 Å². The van der Waals surface area contributed by atoms with E-state index in [9.17, 15) is 24.0 Å². The third kappa shape index (κ3) is 15.1. The van der Waals surface area contributed by atoms with Gasteiger partial charge in [0.25, 0.3) is 0 Å². The summed E-state index contributed by atoms with van der Waals surface area (Å²) in [5.74, 6) is -1.89. The van der Waals surface area contributed by atoms with Crippen LogP contribution in [0.5, 0.6) is 11.5 Å². The largest absolute Gasteiger partial charge is 0.497 e. The van der Waals surface area contributed by atoms with E-state index in [4.69, 9.17) is 33.2 Å². The van der Waals surface area contributed by atoms with Gasteiger partial charge in [-0.15, -0.1) is 0 Å². The van der Waals surface area contributed by atoms with Gasteiger partial charge in [0.1, 0.15) is 56.1 Å². The van der Waals surface area contributed by atoms with Crippen LogP contribution in [0.1, 0.15) is 62.3 Å². The molecule has 1 fully saturated rings. The molecule has 0 saturated carbocycles. The number of methoxy groups -OCH3 is 2. The number of ether oxygens (including phenoxy) is 7. The van der Waals surface area contributed by atoms with Crippen LogP contribution in [-0.2, 0) is 57.9 Å². The lowest BCUT2D eigenvalue weighted by Crippen LogP contribution is -2.60. The molecule has 0 bridgehead atoms. The van der Waals surface area contributed by atoms with Gasteiger partial charge in [0.05, 0.1) is 44.5 Å². The number of hydrogen-bond donors (Lipinski definition) is 3. The van der Waals surface area contributed by atoms with E-state index in [1.165, 1.54) is 0 Å². The number of carbonyl (C=O) groups is 5. The topological polar surface area (TPSA) is 193 Å². The Balaban J connectivity index is 1.26. The molecule has 2 aliphatic rings. The Kier molecular flexibility index (Phi) is 19.7. The number of amides is 4. The second kappa shape index (κ2) is 26.2. The number of hydrogen-bond acceptors (Lipinski definition) is 13. The van der Waals surface area contributed by atoms with Crippen LogP contribution in [-0.4, -0.2) is 119 Å². The summed E-state index contributed by atoms with van der Waals surface area (Å²) in [5.41, 5.74) is 4.11. The summed E-state index contributed by atoms with van der Waals surface area (Å²) in [5, 5.41) is 7.95. The first-order chi connectivity index (χ1) is 33.8. The molecule has 17 nitrogen and oxygen atoms in total. The van der Waals surface area contributed by atoms with Crippen molar-refractivity contribution >= 4 is 35.7 Å². The lowest BCUT2D eigenvalue weighted by Gasteiger charge is -2.44. The first kappa shape index (κ1) is 52.5. The lowest BCUT2D eigenvalue weighted by molar-refractivity contribution is -0.167. The average molecular weight is 966 g/mol. The van der Waals surface area contributed by atoms with Gasteiger partial charge in [0.15, 0.2) is 0 Å². The van der Waals surface area contributed by atoms with Gasteiger partial charge in [-0.1, -0.05) is 107 Å². The molecule has 70 heavy (non-hydrogen) atoms. The average Bonchev–Trinajstić information content (AvgIpc) is 3.37. The van der Waals surface area contributed by atoms with Crippen LogP contribution in [0.3, 0.4) is 0 Å².